The summed E-state index contributed by atoms with van der Waals surface area (Å²) < 4.78 is 11.9. The number of hydrogen-bond acceptors (Lipinski definition) is 2. The van der Waals surface area contributed by atoms with Gasteiger partial charge in [-0.1, -0.05) is 42.7 Å². The van der Waals surface area contributed by atoms with E-state index in [4.69, 9.17) is 0 Å². The second-order valence-electron chi connectivity index (χ2n) is 5.26. The van der Waals surface area contributed by atoms with Crippen molar-refractivity contribution in [1.82, 2.24) is 5.32 Å². The van der Waals surface area contributed by atoms with E-state index in [-0.39, 0.29) is 11.7 Å². The minimum Gasteiger partial charge on any atom is -0.353 e. The number of amides is 1. The zero-order valence-electron chi connectivity index (χ0n) is 11.4. The third kappa shape index (κ3) is 4.78. The topological polar surface area (TPSA) is 46.2 Å². The molecular weight excluding hydrogens is 258 g/mol. The molecule has 19 heavy (non-hydrogen) atoms. The summed E-state index contributed by atoms with van der Waals surface area (Å²) in [5, 5.41) is 2.97. The van der Waals surface area contributed by atoms with Gasteiger partial charge in [0.15, 0.2) is 0 Å². The quantitative estimate of drug-likeness (QED) is 0.899. The van der Waals surface area contributed by atoms with Crippen LogP contribution in [0.15, 0.2) is 24.3 Å². The SMILES string of the molecule is Cc1ccc(C[S@@](=O)CC(=O)NC2CCCC2)cc1. The van der Waals surface area contributed by atoms with Gasteiger partial charge in [0.25, 0.3) is 0 Å². The van der Waals surface area contributed by atoms with E-state index >= 15 is 0 Å². The van der Waals surface area contributed by atoms with E-state index in [1.807, 2.05) is 31.2 Å². The van der Waals surface area contributed by atoms with Gasteiger partial charge >= 0.3 is 0 Å². The van der Waals surface area contributed by atoms with Gasteiger partial charge in [-0.3, -0.25) is 9.00 Å². The van der Waals surface area contributed by atoms with Gasteiger partial charge in [-0.15, -0.1) is 0 Å². The molecule has 104 valence electrons. The molecule has 0 saturated heterocycles. The van der Waals surface area contributed by atoms with E-state index in [1.54, 1.807) is 0 Å². The lowest BCUT2D eigenvalue weighted by molar-refractivity contribution is -0.119. The smallest absolute Gasteiger partial charge is 0.232 e. The second-order valence-corrected chi connectivity index (χ2v) is 6.72. The fourth-order valence-electron chi connectivity index (χ4n) is 2.41. The Morgan fingerprint density at radius 3 is 2.53 bits per heavy atom. The summed E-state index contributed by atoms with van der Waals surface area (Å²) in [5.74, 6) is 0.500. The fourth-order valence-corrected chi connectivity index (χ4v) is 3.45. The highest BCUT2D eigenvalue weighted by atomic mass is 32.2. The third-order valence-corrected chi connectivity index (χ3v) is 4.70. The summed E-state index contributed by atoms with van der Waals surface area (Å²) in [6, 6.07) is 8.27. The molecule has 0 heterocycles. The van der Waals surface area contributed by atoms with Crippen LogP contribution in [0.3, 0.4) is 0 Å². The average Bonchev–Trinajstić information content (AvgIpc) is 2.84. The first-order valence-corrected chi connectivity index (χ1v) is 8.32. The minimum absolute atomic E-state index is 0.0719. The van der Waals surface area contributed by atoms with Crippen LogP contribution in [0.4, 0.5) is 0 Å². The summed E-state index contributed by atoms with van der Waals surface area (Å²) >= 11 is 0. The number of rotatable bonds is 5. The molecule has 1 aromatic carbocycles. The summed E-state index contributed by atoms with van der Waals surface area (Å²) in [6.45, 7) is 2.02. The van der Waals surface area contributed by atoms with Crippen LogP contribution in [0.5, 0.6) is 0 Å². The Bertz CT molecular complexity index is 450. The highest BCUT2D eigenvalue weighted by molar-refractivity contribution is 7.84. The van der Waals surface area contributed by atoms with E-state index in [9.17, 15) is 9.00 Å². The second kappa shape index (κ2) is 6.85. The Morgan fingerprint density at radius 2 is 1.89 bits per heavy atom. The molecule has 1 atom stereocenters. The number of benzene rings is 1. The molecular formula is C15H21NO2S. The molecule has 0 radical (unpaired) electrons. The predicted molar refractivity (Wildman–Crippen MR) is 78.3 cm³/mol. The first kappa shape index (κ1) is 14.3. The van der Waals surface area contributed by atoms with Crippen molar-refractivity contribution in [3.05, 3.63) is 35.4 Å². The van der Waals surface area contributed by atoms with Crippen molar-refractivity contribution >= 4 is 16.7 Å². The van der Waals surface area contributed by atoms with E-state index in [0.717, 1.165) is 18.4 Å². The van der Waals surface area contributed by atoms with Crippen molar-refractivity contribution in [2.45, 2.75) is 44.4 Å². The van der Waals surface area contributed by atoms with E-state index in [2.05, 4.69) is 5.32 Å². The maximum absolute atomic E-state index is 11.9. The van der Waals surface area contributed by atoms with Gasteiger partial charge in [0.05, 0.1) is 0 Å². The van der Waals surface area contributed by atoms with Gasteiger partial charge in [-0.05, 0) is 25.3 Å². The van der Waals surface area contributed by atoms with Gasteiger partial charge < -0.3 is 5.32 Å². The van der Waals surface area contributed by atoms with Gasteiger partial charge in [-0.2, -0.15) is 0 Å². The van der Waals surface area contributed by atoms with Gasteiger partial charge in [0.2, 0.25) is 5.91 Å². The predicted octanol–water partition coefficient (Wildman–Crippen LogP) is 2.30. The number of carbonyl (C=O) groups is 1. The third-order valence-electron chi connectivity index (χ3n) is 3.46. The Hall–Kier alpha value is -1.16. The molecule has 1 N–H and O–H groups in total. The van der Waals surface area contributed by atoms with Crippen LogP contribution in [0.25, 0.3) is 0 Å². The van der Waals surface area contributed by atoms with Crippen molar-refractivity contribution in [3.63, 3.8) is 0 Å². The molecule has 1 aliphatic rings. The number of aryl methyl sites for hydroxylation is 1. The van der Waals surface area contributed by atoms with Crippen LogP contribution in [0.2, 0.25) is 0 Å². The molecule has 0 aromatic heterocycles. The van der Waals surface area contributed by atoms with Crippen molar-refractivity contribution in [2.24, 2.45) is 0 Å². The van der Waals surface area contributed by atoms with E-state index in [0.29, 0.717) is 11.8 Å². The lowest BCUT2D eigenvalue weighted by Gasteiger charge is -2.11. The fraction of sp³-hybridized carbons (Fsp3) is 0.533. The maximum Gasteiger partial charge on any atom is 0.232 e. The number of nitrogens with one attached hydrogen (secondary N) is 1. The molecule has 0 spiro atoms. The Balaban J connectivity index is 1.77. The van der Waals surface area contributed by atoms with Crippen molar-refractivity contribution < 1.29 is 9.00 Å². The molecule has 4 heteroatoms. The van der Waals surface area contributed by atoms with Crippen molar-refractivity contribution in [2.75, 3.05) is 5.75 Å². The Kier molecular flexibility index (Phi) is 5.14. The van der Waals surface area contributed by atoms with E-state index in [1.165, 1.54) is 18.4 Å². The zero-order valence-corrected chi connectivity index (χ0v) is 12.2. The van der Waals surface area contributed by atoms with Crippen LogP contribution in [-0.4, -0.2) is 21.9 Å². The lowest BCUT2D eigenvalue weighted by atomic mass is 10.2. The van der Waals surface area contributed by atoms with Crippen molar-refractivity contribution in [1.29, 1.82) is 0 Å². The standard InChI is InChI=1S/C15H21NO2S/c1-12-6-8-13(9-7-12)10-19(18)11-15(17)16-14-4-2-3-5-14/h6-9,14H,2-5,10-11H2,1H3,(H,16,17)/t19-/m1/s1. The summed E-state index contributed by atoms with van der Waals surface area (Å²) in [5.41, 5.74) is 2.21. The van der Waals surface area contributed by atoms with Gasteiger partial charge in [0, 0.05) is 22.6 Å². The van der Waals surface area contributed by atoms with Crippen LogP contribution < -0.4 is 5.32 Å². The molecule has 1 fully saturated rings. The minimum atomic E-state index is -1.12. The molecule has 1 aromatic rings. The Labute approximate surface area is 117 Å². The first-order valence-electron chi connectivity index (χ1n) is 6.83. The normalized spacial score (nSPS) is 17.3. The van der Waals surface area contributed by atoms with Crippen LogP contribution in [0, 0.1) is 6.92 Å². The van der Waals surface area contributed by atoms with Gasteiger partial charge in [-0.25, -0.2) is 0 Å². The average molecular weight is 279 g/mol. The molecule has 1 amide bonds. The van der Waals surface area contributed by atoms with Crippen LogP contribution in [-0.2, 0) is 21.3 Å². The van der Waals surface area contributed by atoms with Crippen LogP contribution in [0.1, 0.15) is 36.8 Å². The molecule has 3 nitrogen and oxygen atoms in total. The molecule has 0 unspecified atom stereocenters. The largest absolute Gasteiger partial charge is 0.353 e. The monoisotopic (exact) mass is 279 g/mol. The Morgan fingerprint density at radius 1 is 1.26 bits per heavy atom. The number of carbonyl (C=O) groups excluding carboxylic acids is 1. The molecule has 0 bridgehead atoms. The molecule has 0 aliphatic heterocycles. The molecule has 1 saturated carbocycles. The summed E-state index contributed by atoms with van der Waals surface area (Å²) in [6.07, 6.45) is 4.52. The molecule has 2 rings (SSSR count). The van der Waals surface area contributed by atoms with Crippen molar-refractivity contribution in [3.8, 4) is 0 Å². The van der Waals surface area contributed by atoms with Crippen LogP contribution >= 0.6 is 0 Å². The first-order chi connectivity index (χ1) is 9.13. The molecule has 1 aliphatic carbocycles. The van der Waals surface area contributed by atoms with E-state index < -0.39 is 10.8 Å². The lowest BCUT2D eigenvalue weighted by Crippen LogP contribution is -2.35. The summed E-state index contributed by atoms with van der Waals surface area (Å²) in [7, 11) is -1.12. The summed E-state index contributed by atoms with van der Waals surface area (Å²) in [4.78, 5) is 11.7. The maximum atomic E-state index is 11.9. The number of hydrogen-bond donors (Lipinski definition) is 1. The highest BCUT2D eigenvalue weighted by Gasteiger charge is 2.18. The highest BCUT2D eigenvalue weighted by Crippen LogP contribution is 2.17. The van der Waals surface area contributed by atoms with Gasteiger partial charge in [0.1, 0.15) is 5.75 Å². The zero-order chi connectivity index (χ0) is 13.7.